The molecule has 36 heavy (non-hydrogen) atoms. The van der Waals surface area contributed by atoms with Gasteiger partial charge in [0.15, 0.2) is 0 Å². The first-order chi connectivity index (χ1) is 17.7. The van der Waals surface area contributed by atoms with Crippen molar-refractivity contribution in [1.82, 2.24) is 15.0 Å². The molecule has 0 spiro atoms. The molecule has 11 heteroatoms. The van der Waals surface area contributed by atoms with Crippen LogP contribution in [0.25, 0.3) is 0 Å². The van der Waals surface area contributed by atoms with Gasteiger partial charge >= 0.3 is 5.97 Å². The fourth-order valence-electron chi connectivity index (χ4n) is 3.36. The molecule has 1 saturated heterocycles. The van der Waals surface area contributed by atoms with Gasteiger partial charge in [-0.05, 0) is 54.1 Å². The van der Waals surface area contributed by atoms with Crippen LogP contribution in [0.1, 0.15) is 16.1 Å². The summed E-state index contributed by atoms with van der Waals surface area (Å²) in [6, 6.07) is 19.7. The Morgan fingerprint density at radius 2 is 1.72 bits per heavy atom. The minimum absolute atomic E-state index is 0.139. The monoisotopic (exact) mass is 485 g/mol. The van der Waals surface area contributed by atoms with Gasteiger partial charge in [0.05, 0.1) is 25.7 Å². The third-order valence-corrected chi connectivity index (χ3v) is 5.14. The normalized spacial score (nSPS) is 13.5. The van der Waals surface area contributed by atoms with Crippen LogP contribution >= 0.6 is 0 Å². The summed E-state index contributed by atoms with van der Waals surface area (Å²) >= 11 is 0. The molecule has 4 aromatic rings. The summed E-state index contributed by atoms with van der Waals surface area (Å²) in [5.74, 6) is 1.20. The summed E-state index contributed by atoms with van der Waals surface area (Å²) < 4.78 is 15.8. The highest BCUT2D eigenvalue weighted by Gasteiger charge is 2.17. The number of furan rings is 1. The SMILES string of the molecule is O=C(Oc1ccc(/C=N\Nc2nc(Nc3ccccc3)nc(N3CCOCC3)n2)cc1)c1ccco1. The van der Waals surface area contributed by atoms with Crippen molar-refractivity contribution in [3.05, 3.63) is 84.3 Å². The van der Waals surface area contributed by atoms with Gasteiger partial charge in [-0.15, -0.1) is 0 Å². The van der Waals surface area contributed by atoms with E-state index < -0.39 is 5.97 Å². The Balaban J connectivity index is 1.27. The van der Waals surface area contributed by atoms with E-state index in [0.29, 0.717) is 49.9 Å². The van der Waals surface area contributed by atoms with Crippen molar-refractivity contribution in [3.8, 4) is 5.75 Å². The number of morpholine rings is 1. The van der Waals surface area contributed by atoms with Crippen molar-refractivity contribution in [2.45, 2.75) is 0 Å². The van der Waals surface area contributed by atoms with Gasteiger partial charge in [0.2, 0.25) is 23.6 Å². The zero-order valence-electron chi connectivity index (χ0n) is 19.2. The molecule has 1 aliphatic heterocycles. The standard InChI is InChI=1S/C25H23N7O4/c33-22(21-7-4-14-35-21)36-20-10-8-18(9-11-20)17-26-31-24-28-23(27-19-5-2-1-3-6-19)29-25(30-24)32-12-15-34-16-13-32/h1-11,14,17H,12-13,15-16H2,(H2,27,28,29,30,31)/b26-17-. The Labute approximate surface area is 206 Å². The van der Waals surface area contributed by atoms with Crippen LogP contribution in [0.5, 0.6) is 5.75 Å². The first-order valence-electron chi connectivity index (χ1n) is 11.3. The maximum Gasteiger partial charge on any atom is 0.379 e. The zero-order chi connectivity index (χ0) is 24.6. The van der Waals surface area contributed by atoms with Crippen LogP contribution in [0.3, 0.4) is 0 Å². The van der Waals surface area contributed by atoms with Crippen LogP contribution in [0, 0.1) is 0 Å². The van der Waals surface area contributed by atoms with Crippen molar-refractivity contribution >= 4 is 35.7 Å². The Morgan fingerprint density at radius 3 is 2.47 bits per heavy atom. The predicted octanol–water partition coefficient (Wildman–Crippen LogP) is 3.71. The molecule has 0 radical (unpaired) electrons. The fraction of sp³-hybridized carbons (Fsp3) is 0.160. The minimum atomic E-state index is -0.561. The second-order valence-electron chi connectivity index (χ2n) is 7.68. The van der Waals surface area contributed by atoms with Crippen LogP contribution in [0.4, 0.5) is 23.5 Å². The summed E-state index contributed by atoms with van der Waals surface area (Å²) in [5.41, 5.74) is 4.52. The Morgan fingerprint density at radius 1 is 0.944 bits per heavy atom. The number of esters is 1. The Bertz CT molecular complexity index is 1310. The minimum Gasteiger partial charge on any atom is -0.457 e. The van der Waals surface area contributed by atoms with Crippen LogP contribution in [0.15, 0.2) is 82.5 Å². The van der Waals surface area contributed by atoms with Gasteiger partial charge in [-0.25, -0.2) is 10.2 Å². The smallest absolute Gasteiger partial charge is 0.379 e. The number of nitrogens with one attached hydrogen (secondary N) is 2. The van der Waals surface area contributed by atoms with E-state index in [1.807, 2.05) is 35.2 Å². The number of rotatable bonds is 8. The molecular weight excluding hydrogens is 462 g/mol. The molecule has 5 rings (SSSR count). The number of carbonyl (C=O) groups excluding carboxylic acids is 1. The molecule has 2 N–H and O–H groups in total. The summed E-state index contributed by atoms with van der Waals surface area (Å²) in [7, 11) is 0. The number of hydrogen-bond donors (Lipinski definition) is 2. The number of carbonyl (C=O) groups is 1. The third-order valence-electron chi connectivity index (χ3n) is 5.14. The molecule has 0 amide bonds. The summed E-state index contributed by atoms with van der Waals surface area (Å²) in [4.78, 5) is 27.6. The molecule has 0 saturated carbocycles. The molecule has 1 aliphatic rings. The van der Waals surface area contributed by atoms with Crippen molar-refractivity contribution in [2.75, 3.05) is 41.9 Å². The number of nitrogens with zero attached hydrogens (tertiary/aromatic N) is 5. The van der Waals surface area contributed by atoms with E-state index in [-0.39, 0.29) is 5.76 Å². The second kappa shape index (κ2) is 11.1. The molecule has 0 atom stereocenters. The van der Waals surface area contributed by atoms with Crippen molar-refractivity contribution < 1.29 is 18.7 Å². The highest BCUT2D eigenvalue weighted by atomic mass is 16.5. The van der Waals surface area contributed by atoms with Gasteiger partial charge in [0.25, 0.3) is 0 Å². The number of hydrogen-bond acceptors (Lipinski definition) is 11. The van der Waals surface area contributed by atoms with Crippen molar-refractivity contribution in [2.24, 2.45) is 5.10 Å². The third kappa shape index (κ3) is 6.02. The number of ether oxygens (including phenoxy) is 2. The number of aromatic nitrogens is 3. The molecule has 11 nitrogen and oxygen atoms in total. The molecule has 0 unspecified atom stereocenters. The van der Waals surface area contributed by atoms with Gasteiger partial charge in [-0.3, -0.25) is 0 Å². The largest absolute Gasteiger partial charge is 0.457 e. The quantitative estimate of drug-likeness (QED) is 0.165. The van der Waals surface area contributed by atoms with E-state index in [2.05, 4.69) is 30.8 Å². The molecule has 1 fully saturated rings. The number of hydrazone groups is 1. The van der Waals surface area contributed by atoms with Gasteiger partial charge in [0.1, 0.15) is 5.75 Å². The van der Waals surface area contributed by atoms with Gasteiger partial charge < -0.3 is 24.1 Å². The molecular formula is C25H23N7O4. The highest BCUT2D eigenvalue weighted by molar-refractivity contribution is 5.88. The average molecular weight is 486 g/mol. The van der Waals surface area contributed by atoms with Crippen LogP contribution in [-0.2, 0) is 4.74 Å². The van der Waals surface area contributed by atoms with Crippen molar-refractivity contribution in [1.29, 1.82) is 0 Å². The lowest BCUT2D eigenvalue weighted by molar-refractivity contribution is 0.0701. The predicted molar refractivity (Wildman–Crippen MR) is 134 cm³/mol. The maximum absolute atomic E-state index is 12.0. The van der Waals surface area contributed by atoms with E-state index in [0.717, 1.165) is 11.3 Å². The molecule has 2 aromatic heterocycles. The summed E-state index contributed by atoms with van der Waals surface area (Å²) in [6.07, 6.45) is 3.03. The Hall–Kier alpha value is -4.77. The summed E-state index contributed by atoms with van der Waals surface area (Å²) in [6.45, 7) is 2.60. The van der Waals surface area contributed by atoms with E-state index in [9.17, 15) is 4.79 Å². The Kier molecular flexibility index (Phi) is 7.09. The second-order valence-corrected chi connectivity index (χ2v) is 7.68. The first-order valence-corrected chi connectivity index (χ1v) is 11.3. The summed E-state index contributed by atoms with van der Waals surface area (Å²) in [5, 5.41) is 7.46. The molecule has 182 valence electrons. The van der Waals surface area contributed by atoms with Gasteiger partial charge in [-0.1, -0.05) is 18.2 Å². The van der Waals surface area contributed by atoms with Crippen LogP contribution in [-0.4, -0.2) is 53.4 Å². The van der Waals surface area contributed by atoms with E-state index in [4.69, 9.17) is 13.9 Å². The van der Waals surface area contributed by atoms with Gasteiger partial charge in [-0.2, -0.15) is 20.1 Å². The lowest BCUT2D eigenvalue weighted by Crippen LogP contribution is -2.37. The number of anilines is 4. The van der Waals surface area contributed by atoms with E-state index >= 15 is 0 Å². The number of benzene rings is 2. The zero-order valence-corrected chi connectivity index (χ0v) is 19.2. The maximum atomic E-state index is 12.0. The van der Waals surface area contributed by atoms with Crippen molar-refractivity contribution in [3.63, 3.8) is 0 Å². The molecule has 0 bridgehead atoms. The van der Waals surface area contributed by atoms with Crippen LogP contribution < -0.4 is 20.4 Å². The number of para-hydroxylation sites is 1. The topological polar surface area (TPSA) is 127 Å². The molecule has 0 aliphatic carbocycles. The fourth-order valence-corrected chi connectivity index (χ4v) is 3.36. The lowest BCUT2D eigenvalue weighted by atomic mass is 10.2. The lowest BCUT2D eigenvalue weighted by Gasteiger charge is -2.27. The molecule has 2 aromatic carbocycles. The molecule has 3 heterocycles. The van der Waals surface area contributed by atoms with Gasteiger partial charge in [0, 0.05) is 18.8 Å². The van der Waals surface area contributed by atoms with Crippen LogP contribution in [0.2, 0.25) is 0 Å². The van der Waals surface area contributed by atoms with E-state index in [1.54, 1.807) is 42.6 Å². The highest BCUT2D eigenvalue weighted by Crippen LogP contribution is 2.19. The first kappa shape index (κ1) is 23.0. The van der Waals surface area contributed by atoms with E-state index in [1.165, 1.54) is 6.26 Å². The average Bonchev–Trinajstić information content (AvgIpc) is 3.46.